The Labute approximate surface area is 84.7 Å². The predicted molar refractivity (Wildman–Crippen MR) is 55.4 cm³/mol. The summed E-state index contributed by atoms with van der Waals surface area (Å²) in [6, 6.07) is 5.71. The third kappa shape index (κ3) is 1.08. The van der Waals surface area contributed by atoms with E-state index in [1.165, 1.54) is 4.80 Å². The number of anilines is 1. The lowest BCUT2D eigenvalue weighted by Crippen LogP contribution is -1.99. The second-order valence-corrected chi connectivity index (χ2v) is 3.13. The number of hydrogen-bond donors (Lipinski definition) is 2. The molecule has 0 atom stereocenters. The lowest BCUT2D eigenvalue weighted by atomic mass is 10.2. The number of nitrogen functional groups attached to an aromatic ring is 1. The summed E-state index contributed by atoms with van der Waals surface area (Å²) in [6.45, 7) is 0. The van der Waals surface area contributed by atoms with Crippen LogP contribution in [0.25, 0.3) is 16.6 Å². The minimum Gasteiger partial charge on any atom is -0.382 e. The predicted octanol–water partition coefficient (Wildman–Crippen LogP) is 0.726. The van der Waals surface area contributed by atoms with Gasteiger partial charge in [-0.3, -0.25) is 5.10 Å². The number of nitrogens with zero attached hydrogens (tertiary/aromatic N) is 4. The Morgan fingerprint density at radius 3 is 2.80 bits per heavy atom. The van der Waals surface area contributed by atoms with E-state index in [1.54, 1.807) is 12.4 Å². The molecule has 1 aromatic carbocycles. The summed E-state index contributed by atoms with van der Waals surface area (Å²) in [5.41, 5.74) is 7.47. The van der Waals surface area contributed by atoms with Gasteiger partial charge in [-0.2, -0.15) is 20.1 Å². The van der Waals surface area contributed by atoms with Gasteiger partial charge in [0.15, 0.2) is 5.82 Å². The molecule has 3 aromatic rings. The van der Waals surface area contributed by atoms with E-state index in [-0.39, 0.29) is 0 Å². The fourth-order valence-corrected chi connectivity index (χ4v) is 1.59. The molecule has 74 valence electrons. The Kier molecular flexibility index (Phi) is 1.49. The van der Waals surface area contributed by atoms with Crippen LogP contribution in [0.3, 0.4) is 0 Å². The number of benzene rings is 1. The third-order valence-electron chi connectivity index (χ3n) is 2.23. The molecule has 0 saturated heterocycles. The first kappa shape index (κ1) is 7.98. The van der Waals surface area contributed by atoms with E-state index in [0.717, 1.165) is 16.6 Å². The van der Waals surface area contributed by atoms with Crippen LogP contribution in [0.1, 0.15) is 0 Å². The number of aromatic amines is 1. The molecular weight excluding hydrogens is 192 g/mol. The Balaban J connectivity index is 2.39. The van der Waals surface area contributed by atoms with Crippen molar-refractivity contribution in [2.45, 2.75) is 0 Å². The standard InChI is InChI=1S/C9H8N6/c10-9-8-6(13-14-9)2-1-3-7(8)15-11-4-5-12-15/h1-5H,(H3,10,13,14). The van der Waals surface area contributed by atoms with Gasteiger partial charge in [-0.05, 0) is 12.1 Å². The van der Waals surface area contributed by atoms with Crippen LogP contribution in [0.2, 0.25) is 0 Å². The molecule has 6 heteroatoms. The minimum atomic E-state index is 0.456. The van der Waals surface area contributed by atoms with Gasteiger partial charge in [0.25, 0.3) is 0 Å². The molecule has 0 fully saturated rings. The number of H-pyrrole nitrogens is 1. The van der Waals surface area contributed by atoms with E-state index < -0.39 is 0 Å². The summed E-state index contributed by atoms with van der Waals surface area (Å²) >= 11 is 0. The third-order valence-corrected chi connectivity index (χ3v) is 2.23. The van der Waals surface area contributed by atoms with Crippen LogP contribution in [0.4, 0.5) is 5.82 Å². The van der Waals surface area contributed by atoms with Crippen molar-refractivity contribution in [3.05, 3.63) is 30.6 Å². The van der Waals surface area contributed by atoms with Crippen LogP contribution < -0.4 is 5.73 Å². The molecule has 6 nitrogen and oxygen atoms in total. The highest BCUT2D eigenvalue weighted by Gasteiger charge is 2.09. The van der Waals surface area contributed by atoms with Crippen molar-refractivity contribution in [2.24, 2.45) is 0 Å². The second kappa shape index (κ2) is 2.81. The zero-order valence-corrected chi connectivity index (χ0v) is 7.75. The van der Waals surface area contributed by atoms with Crippen molar-refractivity contribution in [1.82, 2.24) is 25.2 Å². The normalized spacial score (nSPS) is 10.9. The molecule has 2 heterocycles. The van der Waals surface area contributed by atoms with Crippen LogP contribution >= 0.6 is 0 Å². The van der Waals surface area contributed by atoms with Crippen LogP contribution in [0.5, 0.6) is 0 Å². The van der Waals surface area contributed by atoms with Gasteiger partial charge >= 0.3 is 0 Å². The van der Waals surface area contributed by atoms with Gasteiger partial charge in [0.05, 0.1) is 29.0 Å². The molecule has 0 aliphatic rings. The zero-order chi connectivity index (χ0) is 10.3. The van der Waals surface area contributed by atoms with E-state index in [4.69, 9.17) is 5.73 Å². The summed E-state index contributed by atoms with van der Waals surface area (Å²) in [6.07, 6.45) is 3.24. The maximum atomic E-state index is 5.77. The SMILES string of the molecule is Nc1n[nH]c2cccc(-n3nccn3)c12. The highest BCUT2D eigenvalue weighted by molar-refractivity contribution is 5.95. The molecule has 0 amide bonds. The number of nitrogens with two attached hydrogens (primary N) is 1. The number of rotatable bonds is 1. The van der Waals surface area contributed by atoms with Gasteiger partial charge in [0.2, 0.25) is 0 Å². The Morgan fingerprint density at radius 1 is 1.20 bits per heavy atom. The number of hydrogen-bond acceptors (Lipinski definition) is 4. The molecule has 3 rings (SSSR count). The largest absolute Gasteiger partial charge is 0.382 e. The average Bonchev–Trinajstić information content (AvgIpc) is 2.88. The summed E-state index contributed by atoms with van der Waals surface area (Å²) < 4.78 is 0. The van der Waals surface area contributed by atoms with Gasteiger partial charge < -0.3 is 5.73 Å². The quantitative estimate of drug-likeness (QED) is 0.606. The van der Waals surface area contributed by atoms with E-state index in [2.05, 4.69) is 20.4 Å². The summed E-state index contributed by atoms with van der Waals surface area (Å²) in [7, 11) is 0. The van der Waals surface area contributed by atoms with E-state index >= 15 is 0 Å². The first-order valence-electron chi connectivity index (χ1n) is 4.45. The Hall–Kier alpha value is -2.37. The molecular formula is C9H8N6. The molecule has 0 bridgehead atoms. The van der Waals surface area contributed by atoms with Crippen LogP contribution in [0, 0.1) is 0 Å². The fraction of sp³-hybridized carbons (Fsp3) is 0. The maximum Gasteiger partial charge on any atom is 0.155 e. The first-order valence-corrected chi connectivity index (χ1v) is 4.45. The average molecular weight is 200 g/mol. The lowest BCUT2D eigenvalue weighted by molar-refractivity contribution is 0.757. The number of nitrogens with one attached hydrogen (secondary N) is 1. The Bertz CT molecular complexity index is 594. The van der Waals surface area contributed by atoms with Gasteiger partial charge in [-0.15, -0.1) is 0 Å². The molecule has 0 aliphatic carbocycles. The lowest BCUT2D eigenvalue weighted by Gasteiger charge is -2.00. The van der Waals surface area contributed by atoms with Crippen molar-refractivity contribution in [1.29, 1.82) is 0 Å². The van der Waals surface area contributed by atoms with E-state index in [0.29, 0.717) is 5.82 Å². The summed E-state index contributed by atoms with van der Waals surface area (Å²) in [5, 5.41) is 15.8. The molecule has 15 heavy (non-hydrogen) atoms. The Morgan fingerprint density at radius 2 is 2.00 bits per heavy atom. The van der Waals surface area contributed by atoms with Crippen molar-refractivity contribution in [2.75, 3.05) is 5.73 Å². The van der Waals surface area contributed by atoms with Gasteiger partial charge in [-0.25, -0.2) is 0 Å². The van der Waals surface area contributed by atoms with Crippen molar-refractivity contribution >= 4 is 16.7 Å². The van der Waals surface area contributed by atoms with Crippen LogP contribution in [0.15, 0.2) is 30.6 Å². The summed E-state index contributed by atoms with van der Waals surface area (Å²) in [4.78, 5) is 1.52. The van der Waals surface area contributed by atoms with Crippen LogP contribution in [-0.4, -0.2) is 25.2 Å². The number of aromatic nitrogens is 5. The second-order valence-electron chi connectivity index (χ2n) is 3.13. The van der Waals surface area contributed by atoms with Gasteiger partial charge in [0.1, 0.15) is 0 Å². The van der Waals surface area contributed by atoms with Crippen LogP contribution in [-0.2, 0) is 0 Å². The van der Waals surface area contributed by atoms with Crippen molar-refractivity contribution in [3.63, 3.8) is 0 Å². The van der Waals surface area contributed by atoms with Crippen molar-refractivity contribution < 1.29 is 0 Å². The zero-order valence-electron chi connectivity index (χ0n) is 7.75. The van der Waals surface area contributed by atoms with Gasteiger partial charge in [0, 0.05) is 0 Å². The molecule has 2 aromatic heterocycles. The number of fused-ring (bicyclic) bond motifs is 1. The monoisotopic (exact) mass is 200 g/mol. The highest BCUT2D eigenvalue weighted by atomic mass is 15.5. The smallest absolute Gasteiger partial charge is 0.155 e. The summed E-state index contributed by atoms with van der Waals surface area (Å²) in [5.74, 6) is 0.456. The highest BCUT2D eigenvalue weighted by Crippen LogP contribution is 2.24. The van der Waals surface area contributed by atoms with Gasteiger partial charge in [-0.1, -0.05) is 6.07 Å². The topological polar surface area (TPSA) is 85.4 Å². The molecule has 0 saturated carbocycles. The van der Waals surface area contributed by atoms with Crippen molar-refractivity contribution in [3.8, 4) is 5.69 Å². The molecule has 0 aliphatic heterocycles. The van der Waals surface area contributed by atoms with E-state index in [1.807, 2.05) is 18.2 Å². The van der Waals surface area contributed by atoms with E-state index in [9.17, 15) is 0 Å². The maximum absolute atomic E-state index is 5.77. The first-order chi connectivity index (χ1) is 7.36. The fourth-order valence-electron chi connectivity index (χ4n) is 1.59. The molecule has 0 unspecified atom stereocenters. The molecule has 3 N–H and O–H groups in total. The molecule has 0 spiro atoms. The molecule has 0 radical (unpaired) electrons. The minimum absolute atomic E-state index is 0.456.